The number of benzene rings is 1. The van der Waals surface area contributed by atoms with Gasteiger partial charge >= 0.3 is 5.97 Å². The molecule has 184 valence electrons. The summed E-state index contributed by atoms with van der Waals surface area (Å²) in [7, 11) is -3.80. The molecule has 2 unspecified atom stereocenters. The molecule has 3 rings (SSSR count). The zero-order chi connectivity index (χ0) is 24.9. The van der Waals surface area contributed by atoms with Crippen molar-refractivity contribution in [3.05, 3.63) is 36.2 Å². The molecule has 3 atom stereocenters. The van der Waals surface area contributed by atoms with Gasteiger partial charge in [-0.3, -0.25) is 19.7 Å². The van der Waals surface area contributed by atoms with Gasteiger partial charge in [0, 0.05) is 25.2 Å². The molecule has 1 aliphatic rings. The summed E-state index contributed by atoms with van der Waals surface area (Å²) < 4.78 is 32.5. The van der Waals surface area contributed by atoms with E-state index in [1.807, 2.05) is 0 Å². The van der Waals surface area contributed by atoms with Gasteiger partial charge in [0.1, 0.15) is 11.8 Å². The molecule has 5 N–H and O–H groups in total. The van der Waals surface area contributed by atoms with Crippen molar-refractivity contribution in [2.45, 2.75) is 56.9 Å². The van der Waals surface area contributed by atoms with Crippen molar-refractivity contribution in [2.75, 3.05) is 10.6 Å². The lowest BCUT2D eigenvalue weighted by Gasteiger charge is -2.26. The number of sulfonamides is 1. The van der Waals surface area contributed by atoms with Crippen molar-refractivity contribution in [3.8, 4) is 5.75 Å². The predicted molar refractivity (Wildman–Crippen MR) is 123 cm³/mol. The third-order valence-corrected chi connectivity index (χ3v) is 7.41. The van der Waals surface area contributed by atoms with Crippen LogP contribution in [0.4, 0.5) is 11.6 Å². The fourth-order valence-electron chi connectivity index (χ4n) is 3.25. The van der Waals surface area contributed by atoms with Gasteiger partial charge in [-0.05, 0) is 37.5 Å². The average molecular weight is 494 g/mol. The van der Waals surface area contributed by atoms with E-state index in [1.54, 1.807) is 31.3 Å². The first kappa shape index (κ1) is 25.2. The first-order valence-corrected chi connectivity index (χ1v) is 12.3. The number of carbonyl (C=O) groups excluding carboxylic acids is 2. The number of hydrogen-bond donors (Lipinski definition) is 5. The molecule has 1 aromatic carbocycles. The van der Waals surface area contributed by atoms with E-state index in [2.05, 4.69) is 25.3 Å². The highest BCUT2D eigenvalue weighted by molar-refractivity contribution is 7.90. The van der Waals surface area contributed by atoms with E-state index in [1.165, 1.54) is 13.1 Å². The molecule has 2 aromatic rings. The second-order valence-electron chi connectivity index (χ2n) is 7.93. The minimum atomic E-state index is -3.80. The van der Waals surface area contributed by atoms with E-state index in [9.17, 15) is 27.9 Å². The number of aromatic amines is 1. The van der Waals surface area contributed by atoms with Crippen LogP contribution in [0.2, 0.25) is 0 Å². The fraction of sp³-hybridized carbons (Fsp3) is 0.429. The number of nitrogens with zero attached hydrogens (tertiary/aromatic N) is 1. The number of carboxylic acids is 1. The first-order valence-electron chi connectivity index (χ1n) is 10.7. The molecule has 2 heterocycles. The fourth-order valence-corrected chi connectivity index (χ4v) is 4.51. The van der Waals surface area contributed by atoms with E-state index in [0.717, 1.165) is 0 Å². The lowest BCUT2D eigenvalue weighted by molar-refractivity contribution is -0.139. The number of aliphatic carboxylic acids is 1. The average Bonchev–Trinajstić information content (AvgIpc) is 3.29. The summed E-state index contributed by atoms with van der Waals surface area (Å²) in [6.07, 6.45) is 2.58. The number of amides is 2. The van der Waals surface area contributed by atoms with E-state index < -0.39 is 39.3 Å². The molecule has 1 aromatic heterocycles. The van der Waals surface area contributed by atoms with E-state index in [0.29, 0.717) is 29.4 Å². The monoisotopic (exact) mass is 493 g/mol. The largest absolute Gasteiger partial charge is 0.480 e. The van der Waals surface area contributed by atoms with Crippen molar-refractivity contribution < 1.29 is 32.6 Å². The summed E-state index contributed by atoms with van der Waals surface area (Å²) in [5.41, 5.74) is 0.839. The zero-order valence-electron chi connectivity index (χ0n) is 18.7. The highest BCUT2D eigenvalue weighted by atomic mass is 32.2. The highest BCUT2D eigenvalue weighted by Crippen LogP contribution is 2.32. The number of aromatic nitrogens is 2. The Morgan fingerprint density at radius 1 is 1.32 bits per heavy atom. The Kier molecular flexibility index (Phi) is 7.89. The number of imidazole rings is 1. The van der Waals surface area contributed by atoms with E-state index >= 15 is 0 Å². The van der Waals surface area contributed by atoms with Crippen LogP contribution in [0.15, 0.2) is 30.6 Å². The van der Waals surface area contributed by atoms with Crippen molar-refractivity contribution in [2.24, 2.45) is 0 Å². The minimum absolute atomic E-state index is 0.0306. The summed E-state index contributed by atoms with van der Waals surface area (Å²) in [6.45, 7) is 3.20. The summed E-state index contributed by atoms with van der Waals surface area (Å²) in [5.74, 6) is -1.40. The van der Waals surface area contributed by atoms with Gasteiger partial charge in [-0.1, -0.05) is 13.0 Å². The minimum Gasteiger partial charge on any atom is -0.480 e. The van der Waals surface area contributed by atoms with Crippen molar-refractivity contribution in [1.29, 1.82) is 0 Å². The SMILES string of the molecule is CCC(C)S(=O)(=O)N[C@@H](Cc1ccc2c(c1)NC(=O)C(CCC(=O)Nc1ncc[nH]1)O2)C(=O)O. The summed E-state index contributed by atoms with van der Waals surface area (Å²) in [4.78, 5) is 42.7. The van der Waals surface area contributed by atoms with E-state index in [-0.39, 0.29) is 25.2 Å². The van der Waals surface area contributed by atoms with Gasteiger partial charge in [-0.2, -0.15) is 0 Å². The third-order valence-electron chi connectivity index (χ3n) is 5.40. The molecule has 34 heavy (non-hydrogen) atoms. The highest BCUT2D eigenvalue weighted by Gasteiger charge is 2.30. The Balaban J connectivity index is 1.63. The number of ether oxygens (including phenoxy) is 1. The Hall–Kier alpha value is -3.45. The molecule has 0 saturated heterocycles. The number of anilines is 2. The standard InChI is InChI=1S/C21H27N5O7S/c1-3-12(2)34(31,32)26-15(20(29)30)11-13-4-5-16-14(10-13)24-19(28)17(33-16)6-7-18(27)25-21-22-8-9-23-21/h4-5,8-10,12,15,17,26H,3,6-7,11H2,1-2H3,(H,24,28)(H,29,30)(H2,22,23,25,27)/t12?,15-,17?/m0/s1. The molecule has 0 bridgehead atoms. The van der Waals surface area contributed by atoms with Crippen LogP contribution in [0.1, 0.15) is 38.7 Å². The second kappa shape index (κ2) is 10.7. The molecule has 0 saturated carbocycles. The molecule has 12 nitrogen and oxygen atoms in total. The normalized spacial score (nSPS) is 17.1. The van der Waals surface area contributed by atoms with Crippen LogP contribution in [0.25, 0.3) is 0 Å². The summed E-state index contributed by atoms with van der Waals surface area (Å²) in [6, 6.07) is 3.35. The van der Waals surface area contributed by atoms with Gasteiger partial charge in [0.05, 0.1) is 10.9 Å². The van der Waals surface area contributed by atoms with Crippen LogP contribution in [-0.4, -0.2) is 58.7 Å². The Morgan fingerprint density at radius 3 is 2.74 bits per heavy atom. The lowest BCUT2D eigenvalue weighted by Crippen LogP contribution is -2.45. The summed E-state index contributed by atoms with van der Waals surface area (Å²) in [5, 5.41) is 14.0. The lowest BCUT2D eigenvalue weighted by atomic mass is 10.0. The van der Waals surface area contributed by atoms with Crippen LogP contribution >= 0.6 is 0 Å². The van der Waals surface area contributed by atoms with Gasteiger partial charge < -0.3 is 20.1 Å². The number of carbonyl (C=O) groups is 3. The van der Waals surface area contributed by atoms with Gasteiger partial charge in [0.15, 0.2) is 6.10 Å². The van der Waals surface area contributed by atoms with Gasteiger partial charge in [-0.25, -0.2) is 18.1 Å². The molecule has 0 aliphatic carbocycles. The maximum atomic E-state index is 12.5. The van der Waals surface area contributed by atoms with Crippen LogP contribution in [-0.2, 0) is 30.8 Å². The van der Waals surface area contributed by atoms with Gasteiger partial charge in [0.25, 0.3) is 5.91 Å². The molecular formula is C21H27N5O7S. The molecule has 13 heteroatoms. The molecule has 0 radical (unpaired) electrons. The molecular weight excluding hydrogens is 466 g/mol. The van der Waals surface area contributed by atoms with Crippen molar-refractivity contribution in [1.82, 2.24) is 14.7 Å². The second-order valence-corrected chi connectivity index (χ2v) is 10.1. The van der Waals surface area contributed by atoms with Crippen LogP contribution in [0.3, 0.4) is 0 Å². The number of rotatable bonds is 11. The van der Waals surface area contributed by atoms with Crippen LogP contribution in [0.5, 0.6) is 5.75 Å². The Labute approximate surface area is 196 Å². The maximum Gasteiger partial charge on any atom is 0.322 e. The Bertz CT molecular complexity index is 1150. The molecule has 0 spiro atoms. The summed E-state index contributed by atoms with van der Waals surface area (Å²) >= 11 is 0. The van der Waals surface area contributed by atoms with Crippen molar-refractivity contribution >= 4 is 39.4 Å². The quantitative estimate of drug-likeness (QED) is 0.310. The zero-order valence-corrected chi connectivity index (χ0v) is 19.5. The van der Waals surface area contributed by atoms with Gasteiger partial charge in [0.2, 0.25) is 21.9 Å². The smallest absolute Gasteiger partial charge is 0.322 e. The molecule has 0 fully saturated rings. The molecule has 1 aliphatic heterocycles. The van der Waals surface area contributed by atoms with Gasteiger partial charge in [-0.15, -0.1) is 0 Å². The Morgan fingerprint density at radius 2 is 2.09 bits per heavy atom. The third kappa shape index (κ3) is 6.32. The number of fused-ring (bicyclic) bond motifs is 1. The van der Waals surface area contributed by atoms with Crippen molar-refractivity contribution in [3.63, 3.8) is 0 Å². The topological polar surface area (TPSA) is 180 Å². The number of carboxylic acid groups (broad SMARTS) is 1. The van der Waals surface area contributed by atoms with Crippen LogP contribution < -0.4 is 20.1 Å². The van der Waals surface area contributed by atoms with E-state index in [4.69, 9.17) is 4.74 Å². The maximum absolute atomic E-state index is 12.5. The molecule has 2 amide bonds. The van der Waals surface area contributed by atoms with Crippen LogP contribution in [0, 0.1) is 0 Å². The number of hydrogen-bond acceptors (Lipinski definition) is 7. The first-order chi connectivity index (χ1) is 16.1. The number of nitrogens with one attached hydrogen (secondary N) is 4. The number of H-pyrrole nitrogens is 1. The predicted octanol–water partition coefficient (Wildman–Crippen LogP) is 1.24.